The third-order valence-corrected chi connectivity index (χ3v) is 4.40. The SMILES string of the molecule is CC1CCN(Cc2c(Br)cnn2C)C(CN)C1.Cl. The maximum absolute atomic E-state index is 5.89. The van der Waals surface area contributed by atoms with E-state index in [1.54, 1.807) is 0 Å². The smallest absolute Gasteiger partial charge is 0.0663 e. The summed E-state index contributed by atoms with van der Waals surface area (Å²) in [6.45, 7) is 5.14. The second-order valence-corrected chi connectivity index (χ2v) is 5.91. The van der Waals surface area contributed by atoms with Crippen LogP contribution >= 0.6 is 28.3 Å². The van der Waals surface area contributed by atoms with Crippen LogP contribution in [0.4, 0.5) is 0 Å². The maximum Gasteiger partial charge on any atom is 0.0663 e. The molecule has 2 atom stereocenters. The Morgan fingerprint density at radius 1 is 1.56 bits per heavy atom. The zero-order valence-electron chi connectivity index (χ0n) is 11.0. The van der Waals surface area contributed by atoms with Gasteiger partial charge in [-0.2, -0.15) is 5.10 Å². The van der Waals surface area contributed by atoms with Gasteiger partial charge in [0, 0.05) is 26.2 Å². The lowest BCUT2D eigenvalue weighted by atomic mass is 9.92. The van der Waals surface area contributed by atoms with E-state index in [1.165, 1.54) is 18.5 Å². The minimum atomic E-state index is 0. The van der Waals surface area contributed by atoms with Crippen LogP contribution in [0.25, 0.3) is 0 Å². The van der Waals surface area contributed by atoms with Crippen molar-refractivity contribution < 1.29 is 0 Å². The van der Waals surface area contributed by atoms with Gasteiger partial charge in [-0.25, -0.2) is 0 Å². The molecule has 6 heteroatoms. The number of nitrogens with two attached hydrogens (primary N) is 1. The highest BCUT2D eigenvalue weighted by atomic mass is 79.9. The van der Waals surface area contributed by atoms with Gasteiger partial charge in [0.1, 0.15) is 0 Å². The molecule has 2 rings (SSSR count). The lowest BCUT2D eigenvalue weighted by molar-refractivity contribution is 0.112. The molecule has 4 nitrogen and oxygen atoms in total. The Hall–Kier alpha value is -0.100. The average molecular weight is 338 g/mol. The molecule has 0 bridgehead atoms. The van der Waals surface area contributed by atoms with Gasteiger partial charge in [0.15, 0.2) is 0 Å². The molecule has 0 amide bonds. The van der Waals surface area contributed by atoms with E-state index in [4.69, 9.17) is 5.73 Å². The summed E-state index contributed by atoms with van der Waals surface area (Å²) in [5, 5.41) is 4.26. The van der Waals surface area contributed by atoms with Gasteiger partial charge in [0.25, 0.3) is 0 Å². The highest BCUT2D eigenvalue weighted by Crippen LogP contribution is 2.25. The average Bonchev–Trinajstić information content (AvgIpc) is 2.62. The molecule has 0 radical (unpaired) electrons. The summed E-state index contributed by atoms with van der Waals surface area (Å²) < 4.78 is 3.03. The summed E-state index contributed by atoms with van der Waals surface area (Å²) in [4.78, 5) is 2.49. The fraction of sp³-hybridized carbons (Fsp3) is 0.750. The molecule has 104 valence electrons. The van der Waals surface area contributed by atoms with Crippen molar-refractivity contribution in [1.82, 2.24) is 14.7 Å². The van der Waals surface area contributed by atoms with Crippen molar-refractivity contribution in [3.8, 4) is 0 Å². The third kappa shape index (κ3) is 3.47. The summed E-state index contributed by atoms with van der Waals surface area (Å²) in [6, 6.07) is 0.514. The number of hydrogen-bond acceptors (Lipinski definition) is 3. The first-order valence-corrected chi connectivity index (χ1v) is 7.01. The Morgan fingerprint density at radius 2 is 2.28 bits per heavy atom. The fourth-order valence-electron chi connectivity index (χ4n) is 2.56. The first-order valence-electron chi connectivity index (χ1n) is 6.22. The molecule has 1 saturated heterocycles. The topological polar surface area (TPSA) is 47.1 Å². The lowest BCUT2D eigenvalue weighted by Crippen LogP contribution is -2.45. The number of rotatable bonds is 3. The van der Waals surface area contributed by atoms with Gasteiger partial charge in [0.2, 0.25) is 0 Å². The molecule has 2 heterocycles. The molecule has 18 heavy (non-hydrogen) atoms. The van der Waals surface area contributed by atoms with E-state index in [9.17, 15) is 0 Å². The Bertz CT molecular complexity index is 363. The van der Waals surface area contributed by atoms with Crippen molar-refractivity contribution in [3.05, 3.63) is 16.4 Å². The monoisotopic (exact) mass is 336 g/mol. The Labute approximate surface area is 123 Å². The van der Waals surface area contributed by atoms with Gasteiger partial charge in [0.05, 0.1) is 16.4 Å². The summed E-state index contributed by atoms with van der Waals surface area (Å²) in [5.74, 6) is 0.801. The van der Waals surface area contributed by atoms with E-state index in [0.29, 0.717) is 6.04 Å². The van der Waals surface area contributed by atoms with Crippen molar-refractivity contribution in [2.24, 2.45) is 18.7 Å². The molecular weight excluding hydrogens is 316 g/mol. The molecule has 2 N–H and O–H groups in total. The molecule has 2 unspecified atom stereocenters. The minimum absolute atomic E-state index is 0. The van der Waals surface area contributed by atoms with Gasteiger partial charge >= 0.3 is 0 Å². The Balaban J connectivity index is 0.00000162. The van der Waals surface area contributed by atoms with E-state index in [0.717, 1.165) is 30.0 Å². The number of piperidine rings is 1. The van der Waals surface area contributed by atoms with Crippen LogP contribution in [0.2, 0.25) is 0 Å². The van der Waals surface area contributed by atoms with Crippen LogP contribution in [0.15, 0.2) is 10.7 Å². The molecule has 1 aromatic heterocycles. The van der Waals surface area contributed by atoms with Crippen LogP contribution < -0.4 is 5.73 Å². The van der Waals surface area contributed by atoms with E-state index in [-0.39, 0.29) is 12.4 Å². The van der Waals surface area contributed by atoms with E-state index < -0.39 is 0 Å². The normalized spacial score (nSPS) is 24.9. The highest BCUT2D eigenvalue weighted by Gasteiger charge is 2.26. The zero-order chi connectivity index (χ0) is 12.4. The maximum atomic E-state index is 5.89. The molecule has 0 aliphatic carbocycles. The van der Waals surface area contributed by atoms with Gasteiger partial charge in [-0.3, -0.25) is 9.58 Å². The number of aromatic nitrogens is 2. The largest absolute Gasteiger partial charge is 0.329 e. The van der Waals surface area contributed by atoms with Crippen LogP contribution in [0.1, 0.15) is 25.5 Å². The number of nitrogens with zero attached hydrogens (tertiary/aromatic N) is 3. The van der Waals surface area contributed by atoms with E-state index in [2.05, 4.69) is 32.9 Å². The van der Waals surface area contributed by atoms with Crippen molar-refractivity contribution in [2.75, 3.05) is 13.1 Å². The van der Waals surface area contributed by atoms with Gasteiger partial charge in [-0.05, 0) is 41.2 Å². The van der Waals surface area contributed by atoms with Crippen LogP contribution in [0.5, 0.6) is 0 Å². The molecule has 1 fully saturated rings. The molecule has 1 aliphatic rings. The Kier molecular flexibility index (Phi) is 6.11. The van der Waals surface area contributed by atoms with E-state index >= 15 is 0 Å². The summed E-state index contributed by atoms with van der Waals surface area (Å²) in [6.07, 6.45) is 4.34. The van der Waals surface area contributed by atoms with Crippen molar-refractivity contribution in [1.29, 1.82) is 0 Å². The van der Waals surface area contributed by atoms with Gasteiger partial charge < -0.3 is 5.73 Å². The molecule has 0 saturated carbocycles. The summed E-state index contributed by atoms with van der Waals surface area (Å²) in [7, 11) is 1.99. The fourth-order valence-corrected chi connectivity index (χ4v) is 3.03. The van der Waals surface area contributed by atoms with Crippen LogP contribution in [-0.4, -0.2) is 33.8 Å². The molecule has 1 aliphatic heterocycles. The number of hydrogen-bond donors (Lipinski definition) is 1. The van der Waals surface area contributed by atoms with E-state index in [1.807, 2.05) is 17.9 Å². The third-order valence-electron chi connectivity index (χ3n) is 3.74. The van der Waals surface area contributed by atoms with Crippen LogP contribution in [0.3, 0.4) is 0 Å². The highest BCUT2D eigenvalue weighted by molar-refractivity contribution is 9.10. The van der Waals surface area contributed by atoms with Crippen molar-refractivity contribution in [2.45, 2.75) is 32.4 Å². The number of likely N-dealkylation sites (tertiary alicyclic amines) is 1. The van der Waals surface area contributed by atoms with Crippen LogP contribution in [-0.2, 0) is 13.6 Å². The number of halogens is 2. The second kappa shape index (κ2) is 6.89. The number of aryl methyl sites for hydroxylation is 1. The Morgan fingerprint density at radius 3 is 2.83 bits per heavy atom. The quantitative estimate of drug-likeness (QED) is 0.919. The van der Waals surface area contributed by atoms with Gasteiger partial charge in [-0.15, -0.1) is 12.4 Å². The van der Waals surface area contributed by atoms with Gasteiger partial charge in [-0.1, -0.05) is 6.92 Å². The summed E-state index contributed by atoms with van der Waals surface area (Å²) in [5.41, 5.74) is 7.12. The lowest BCUT2D eigenvalue weighted by Gasteiger charge is -2.37. The first-order chi connectivity index (χ1) is 8.11. The predicted molar refractivity (Wildman–Crippen MR) is 79.8 cm³/mol. The van der Waals surface area contributed by atoms with Crippen LogP contribution in [0, 0.1) is 5.92 Å². The predicted octanol–water partition coefficient (Wildman–Crippen LogP) is 2.16. The molecular formula is C12H22BrClN4. The molecule has 1 aromatic rings. The molecule has 0 spiro atoms. The standard InChI is InChI=1S/C12H21BrN4.ClH/c1-9-3-4-17(10(5-9)6-14)8-12-11(13)7-15-16(12)2;/h7,9-10H,3-6,8,14H2,1-2H3;1H. The first kappa shape index (κ1) is 16.0. The second-order valence-electron chi connectivity index (χ2n) is 5.05. The minimum Gasteiger partial charge on any atom is -0.329 e. The molecule has 0 aromatic carbocycles. The summed E-state index contributed by atoms with van der Waals surface area (Å²) >= 11 is 3.56. The van der Waals surface area contributed by atoms with Crippen molar-refractivity contribution in [3.63, 3.8) is 0 Å². The zero-order valence-corrected chi connectivity index (χ0v) is 13.4. The van der Waals surface area contributed by atoms with Crippen molar-refractivity contribution >= 4 is 28.3 Å².